The molecule has 120 valence electrons. The van der Waals surface area contributed by atoms with Gasteiger partial charge in [0.05, 0.1) is 5.54 Å². The summed E-state index contributed by atoms with van der Waals surface area (Å²) in [4.78, 5) is 3.90. The van der Waals surface area contributed by atoms with Crippen LogP contribution in [0.3, 0.4) is 0 Å². The predicted molar refractivity (Wildman–Crippen MR) is 82.2 cm³/mol. The van der Waals surface area contributed by atoms with E-state index in [9.17, 15) is 13.2 Å². The lowest BCUT2D eigenvalue weighted by atomic mass is 9.92. The van der Waals surface area contributed by atoms with E-state index in [-0.39, 0.29) is 12.2 Å². The van der Waals surface area contributed by atoms with E-state index in [1.54, 1.807) is 23.6 Å². The van der Waals surface area contributed by atoms with Gasteiger partial charge in [-0.25, -0.2) is 18.2 Å². The minimum atomic E-state index is -2.64. The standard InChI is InChI=1S/C15H17BrF3N3/c1-3-13-21-12(14(18)19)7-22(13)8-15(2,20)10-6-9(16)4-5-11(10)17/h4-7,14H,3,8,20H2,1-2H3/t15-/m0/s1. The van der Waals surface area contributed by atoms with Crippen LogP contribution in [0.15, 0.2) is 28.9 Å². The van der Waals surface area contributed by atoms with Crippen LogP contribution < -0.4 is 5.73 Å². The second-order valence-corrected chi connectivity index (χ2v) is 6.32. The highest BCUT2D eigenvalue weighted by molar-refractivity contribution is 9.10. The van der Waals surface area contributed by atoms with Crippen molar-refractivity contribution in [2.75, 3.05) is 0 Å². The Labute approximate surface area is 135 Å². The first-order valence-corrected chi connectivity index (χ1v) is 7.62. The molecule has 1 heterocycles. The van der Waals surface area contributed by atoms with Crippen molar-refractivity contribution in [2.24, 2.45) is 5.73 Å². The minimum absolute atomic E-state index is 0.156. The van der Waals surface area contributed by atoms with E-state index in [0.717, 1.165) is 0 Å². The van der Waals surface area contributed by atoms with Gasteiger partial charge < -0.3 is 10.3 Å². The van der Waals surface area contributed by atoms with Crippen LogP contribution in [0.4, 0.5) is 13.2 Å². The van der Waals surface area contributed by atoms with E-state index in [0.29, 0.717) is 22.3 Å². The Morgan fingerprint density at radius 3 is 2.68 bits per heavy atom. The maximum atomic E-state index is 14.0. The zero-order valence-electron chi connectivity index (χ0n) is 12.3. The molecule has 0 saturated carbocycles. The molecule has 2 rings (SSSR count). The maximum Gasteiger partial charge on any atom is 0.281 e. The van der Waals surface area contributed by atoms with Gasteiger partial charge in [0.2, 0.25) is 0 Å². The number of aromatic nitrogens is 2. The van der Waals surface area contributed by atoms with Gasteiger partial charge in [-0.2, -0.15) is 0 Å². The van der Waals surface area contributed by atoms with Crippen LogP contribution in [0.5, 0.6) is 0 Å². The molecule has 2 aromatic rings. The molecule has 3 nitrogen and oxygen atoms in total. The Hall–Kier alpha value is -1.34. The summed E-state index contributed by atoms with van der Waals surface area (Å²) in [6.45, 7) is 3.64. The molecule has 0 spiro atoms. The monoisotopic (exact) mass is 375 g/mol. The van der Waals surface area contributed by atoms with Crippen LogP contribution in [0.2, 0.25) is 0 Å². The highest BCUT2D eigenvalue weighted by Gasteiger charge is 2.27. The number of aryl methyl sites for hydroxylation is 1. The average molecular weight is 376 g/mol. The summed E-state index contributed by atoms with van der Waals surface area (Å²) >= 11 is 3.28. The molecule has 0 radical (unpaired) electrons. The Balaban J connectivity index is 2.37. The smallest absolute Gasteiger partial charge is 0.281 e. The van der Waals surface area contributed by atoms with Crippen LogP contribution in [-0.2, 0) is 18.5 Å². The van der Waals surface area contributed by atoms with Crippen molar-refractivity contribution in [1.82, 2.24) is 9.55 Å². The number of nitrogens with zero attached hydrogens (tertiary/aromatic N) is 2. The third-order valence-corrected chi connectivity index (χ3v) is 3.95. The SMILES string of the molecule is CCc1nc(C(F)F)cn1C[C@](C)(N)c1cc(Br)ccc1F. The van der Waals surface area contributed by atoms with Crippen LogP contribution >= 0.6 is 15.9 Å². The van der Waals surface area contributed by atoms with E-state index in [4.69, 9.17) is 5.73 Å². The molecule has 0 aliphatic carbocycles. The van der Waals surface area contributed by atoms with Gasteiger partial charge in [0.1, 0.15) is 17.3 Å². The molecule has 1 aromatic heterocycles. The topological polar surface area (TPSA) is 43.8 Å². The van der Waals surface area contributed by atoms with Crippen molar-refractivity contribution >= 4 is 15.9 Å². The van der Waals surface area contributed by atoms with Crippen LogP contribution in [-0.4, -0.2) is 9.55 Å². The molecule has 1 aromatic carbocycles. The third-order valence-electron chi connectivity index (χ3n) is 3.46. The molecule has 0 amide bonds. The lowest BCUT2D eigenvalue weighted by Gasteiger charge is -2.27. The second-order valence-electron chi connectivity index (χ2n) is 5.41. The molecule has 0 unspecified atom stereocenters. The van der Waals surface area contributed by atoms with Crippen molar-refractivity contribution in [2.45, 2.75) is 38.8 Å². The van der Waals surface area contributed by atoms with Crippen LogP contribution in [0, 0.1) is 5.82 Å². The molecule has 1 atom stereocenters. The zero-order chi connectivity index (χ0) is 16.5. The molecule has 0 fully saturated rings. The highest BCUT2D eigenvalue weighted by Crippen LogP contribution is 2.28. The second kappa shape index (κ2) is 6.42. The van der Waals surface area contributed by atoms with Crippen molar-refractivity contribution in [3.05, 3.63) is 51.8 Å². The van der Waals surface area contributed by atoms with Gasteiger partial charge in [-0.3, -0.25) is 0 Å². The Bertz CT molecular complexity index is 668. The van der Waals surface area contributed by atoms with Crippen molar-refractivity contribution in [1.29, 1.82) is 0 Å². The average Bonchev–Trinajstić information content (AvgIpc) is 2.84. The number of rotatable bonds is 5. The number of nitrogens with two attached hydrogens (primary N) is 1. The summed E-state index contributed by atoms with van der Waals surface area (Å²) in [5, 5.41) is 0. The van der Waals surface area contributed by atoms with E-state index in [1.165, 1.54) is 12.3 Å². The zero-order valence-corrected chi connectivity index (χ0v) is 13.9. The van der Waals surface area contributed by atoms with E-state index in [2.05, 4.69) is 20.9 Å². The predicted octanol–water partition coefficient (Wildman–Crippen LogP) is 4.16. The highest BCUT2D eigenvalue weighted by atomic mass is 79.9. The fourth-order valence-corrected chi connectivity index (χ4v) is 2.74. The fourth-order valence-electron chi connectivity index (χ4n) is 2.37. The first-order valence-electron chi connectivity index (χ1n) is 6.83. The van der Waals surface area contributed by atoms with Gasteiger partial charge in [0.25, 0.3) is 6.43 Å². The van der Waals surface area contributed by atoms with Crippen molar-refractivity contribution in [3.63, 3.8) is 0 Å². The van der Waals surface area contributed by atoms with Gasteiger partial charge >= 0.3 is 0 Å². The van der Waals surface area contributed by atoms with Gasteiger partial charge in [-0.15, -0.1) is 0 Å². The summed E-state index contributed by atoms with van der Waals surface area (Å²) < 4.78 is 41.9. The van der Waals surface area contributed by atoms with E-state index in [1.807, 2.05) is 6.92 Å². The summed E-state index contributed by atoms with van der Waals surface area (Å²) in [5.74, 6) is 0.0721. The normalized spacial score (nSPS) is 14.4. The molecule has 22 heavy (non-hydrogen) atoms. The molecular weight excluding hydrogens is 359 g/mol. The first-order chi connectivity index (χ1) is 10.2. The lowest BCUT2D eigenvalue weighted by molar-refractivity contribution is 0.146. The maximum absolute atomic E-state index is 14.0. The van der Waals surface area contributed by atoms with Crippen LogP contribution in [0.1, 0.15) is 37.4 Å². The molecule has 0 bridgehead atoms. The molecular formula is C15H17BrF3N3. The number of imidazole rings is 1. The largest absolute Gasteiger partial charge is 0.332 e. The Kier molecular flexibility index (Phi) is 4.97. The fraction of sp³-hybridized carbons (Fsp3) is 0.400. The summed E-state index contributed by atoms with van der Waals surface area (Å²) in [5.41, 5.74) is 5.22. The molecule has 0 saturated heterocycles. The van der Waals surface area contributed by atoms with Crippen molar-refractivity contribution < 1.29 is 13.2 Å². The van der Waals surface area contributed by atoms with Crippen LogP contribution in [0.25, 0.3) is 0 Å². The lowest BCUT2D eigenvalue weighted by Crippen LogP contribution is -2.39. The quantitative estimate of drug-likeness (QED) is 0.852. The van der Waals surface area contributed by atoms with Gasteiger partial charge in [-0.05, 0) is 25.1 Å². The van der Waals surface area contributed by atoms with Gasteiger partial charge in [0, 0.05) is 29.2 Å². The molecule has 0 aliphatic heterocycles. The van der Waals surface area contributed by atoms with Gasteiger partial charge in [-0.1, -0.05) is 22.9 Å². The summed E-state index contributed by atoms with van der Waals surface area (Å²) in [7, 11) is 0. The molecule has 7 heteroatoms. The minimum Gasteiger partial charge on any atom is -0.332 e. The Morgan fingerprint density at radius 2 is 2.09 bits per heavy atom. The van der Waals surface area contributed by atoms with Gasteiger partial charge in [0.15, 0.2) is 0 Å². The number of halogens is 4. The molecule has 2 N–H and O–H groups in total. The number of benzene rings is 1. The first kappa shape index (κ1) is 17.0. The summed E-state index contributed by atoms with van der Waals surface area (Å²) in [6.07, 6.45) is -0.868. The molecule has 0 aliphatic rings. The van der Waals surface area contributed by atoms with Crippen molar-refractivity contribution in [3.8, 4) is 0 Å². The number of alkyl halides is 2. The number of hydrogen-bond acceptors (Lipinski definition) is 2. The van der Waals surface area contributed by atoms with E-state index >= 15 is 0 Å². The Morgan fingerprint density at radius 1 is 1.41 bits per heavy atom. The third kappa shape index (κ3) is 3.52. The summed E-state index contributed by atoms with van der Waals surface area (Å²) in [6, 6.07) is 4.51. The van der Waals surface area contributed by atoms with E-state index < -0.39 is 17.8 Å². The number of hydrogen-bond donors (Lipinski definition) is 1.